The number of thioether (sulfide) groups is 2. The van der Waals surface area contributed by atoms with Gasteiger partial charge in [-0.25, -0.2) is 0 Å². The molecule has 116 valence electrons. The molecule has 0 spiro atoms. The molecule has 3 heteroatoms. The molecule has 3 aromatic carbocycles. The molecular weight excluding hydrogens is 320 g/mol. The van der Waals surface area contributed by atoms with Crippen LogP contribution in [0.1, 0.15) is 15.7 Å². The molecule has 1 aliphatic heterocycles. The van der Waals surface area contributed by atoms with E-state index in [-0.39, 0.29) is 0 Å². The molecular formula is C20H18OS2. The van der Waals surface area contributed by atoms with Gasteiger partial charge in [0.2, 0.25) is 0 Å². The smallest absolute Gasteiger partial charge is 0.120 e. The normalized spacial score (nSPS) is 15.1. The van der Waals surface area contributed by atoms with Gasteiger partial charge >= 0.3 is 0 Å². The summed E-state index contributed by atoms with van der Waals surface area (Å²) in [4.78, 5) is 0. The first-order valence-corrected chi connectivity index (χ1v) is 9.92. The average molecular weight is 338 g/mol. The number of hydrogen-bond donors (Lipinski definition) is 0. The quantitative estimate of drug-likeness (QED) is 0.586. The first-order valence-electron chi connectivity index (χ1n) is 7.83. The van der Waals surface area contributed by atoms with Crippen LogP contribution in [-0.4, -0.2) is 11.5 Å². The molecule has 0 unspecified atom stereocenters. The first kappa shape index (κ1) is 15.0. The minimum absolute atomic E-state index is 0.566. The van der Waals surface area contributed by atoms with E-state index in [2.05, 4.69) is 66.7 Å². The summed E-state index contributed by atoms with van der Waals surface area (Å²) >= 11 is 4.06. The van der Waals surface area contributed by atoms with E-state index in [1.807, 2.05) is 23.5 Å². The van der Waals surface area contributed by atoms with Crippen LogP contribution in [0.25, 0.3) is 10.8 Å². The molecule has 0 N–H and O–H groups in total. The lowest BCUT2D eigenvalue weighted by molar-refractivity contribution is 0.307. The Bertz CT molecular complexity index is 804. The Balaban J connectivity index is 1.53. The highest BCUT2D eigenvalue weighted by Gasteiger charge is 2.18. The van der Waals surface area contributed by atoms with Gasteiger partial charge in [0.25, 0.3) is 0 Å². The predicted molar refractivity (Wildman–Crippen MR) is 102 cm³/mol. The van der Waals surface area contributed by atoms with Crippen molar-refractivity contribution in [3.05, 3.63) is 77.9 Å². The zero-order chi connectivity index (χ0) is 15.5. The Kier molecular flexibility index (Phi) is 4.49. The molecule has 0 aliphatic carbocycles. The van der Waals surface area contributed by atoms with E-state index in [1.54, 1.807) is 0 Å². The SMILES string of the molecule is c1cc(OCc2cccc3ccccc23)cc(C2SCCS2)c1. The molecule has 1 aliphatic rings. The molecule has 1 nitrogen and oxygen atoms in total. The summed E-state index contributed by atoms with van der Waals surface area (Å²) in [6, 6.07) is 23.4. The summed E-state index contributed by atoms with van der Waals surface area (Å²) in [6.45, 7) is 0.607. The molecule has 1 fully saturated rings. The number of fused-ring (bicyclic) bond motifs is 1. The van der Waals surface area contributed by atoms with Gasteiger partial charge in [0.05, 0.1) is 4.58 Å². The van der Waals surface area contributed by atoms with Crippen molar-refractivity contribution in [2.45, 2.75) is 11.2 Å². The van der Waals surface area contributed by atoms with Crippen molar-refractivity contribution in [1.29, 1.82) is 0 Å². The topological polar surface area (TPSA) is 9.23 Å². The van der Waals surface area contributed by atoms with Gasteiger partial charge in [-0.05, 0) is 34.0 Å². The van der Waals surface area contributed by atoms with Crippen LogP contribution in [0.3, 0.4) is 0 Å². The molecule has 0 saturated carbocycles. The van der Waals surface area contributed by atoms with Gasteiger partial charge in [-0.1, -0.05) is 54.6 Å². The zero-order valence-corrected chi connectivity index (χ0v) is 14.4. The number of hydrogen-bond acceptors (Lipinski definition) is 3. The second-order valence-corrected chi connectivity index (χ2v) is 8.30. The van der Waals surface area contributed by atoms with Crippen LogP contribution in [0.15, 0.2) is 66.7 Å². The Morgan fingerprint density at radius 3 is 2.57 bits per heavy atom. The third-order valence-corrected chi connectivity index (χ3v) is 7.13. The van der Waals surface area contributed by atoms with Crippen molar-refractivity contribution in [2.24, 2.45) is 0 Å². The Morgan fingerprint density at radius 1 is 0.870 bits per heavy atom. The standard InChI is InChI=1S/C20H18OS2/c1-2-10-19-15(5-1)6-3-8-17(19)14-21-18-9-4-7-16(13-18)20-22-11-12-23-20/h1-10,13,20H,11-12,14H2. The highest BCUT2D eigenvalue weighted by molar-refractivity contribution is 8.19. The average Bonchev–Trinajstić information content (AvgIpc) is 3.15. The Morgan fingerprint density at radius 2 is 1.65 bits per heavy atom. The summed E-state index contributed by atoms with van der Waals surface area (Å²) in [6.07, 6.45) is 0. The first-order chi connectivity index (χ1) is 11.4. The second kappa shape index (κ2) is 6.90. The summed E-state index contributed by atoms with van der Waals surface area (Å²) < 4.78 is 6.65. The highest BCUT2D eigenvalue weighted by Crippen LogP contribution is 2.45. The molecule has 1 heterocycles. The van der Waals surface area contributed by atoms with Crippen molar-refractivity contribution in [3.63, 3.8) is 0 Å². The highest BCUT2D eigenvalue weighted by atomic mass is 32.2. The lowest BCUT2D eigenvalue weighted by Gasteiger charge is -2.12. The van der Waals surface area contributed by atoms with Crippen molar-refractivity contribution in [1.82, 2.24) is 0 Å². The predicted octanol–water partition coefficient (Wildman–Crippen LogP) is 5.90. The molecule has 0 radical (unpaired) electrons. The van der Waals surface area contributed by atoms with E-state index in [4.69, 9.17) is 4.74 Å². The minimum atomic E-state index is 0.566. The maximum Gasteiger partial charge on any atom is 0.120 e. The van der Waals surface area contributed by atoms with Crippen molar-refractivity contribution < 1.29 is 4.74 Å². The molecule has 3 aromatic rings. The summed E-state index contributed by atoms with van der Waals surface area (Å²) in [5.74, 6) is 3.45. The van der Waals surface area contributed by atoms with Gasteiger partial charge in [-0.15, -0.1) is 23.5 Å². The number of ether oxygens (including phenoxy) is 1. The van der Waals surface area contributed by atoms with E-state index in [9.17, 15) is 0 Å². The van der Waals surface area contributed by atoms with Gasteiger partial charge in [0.1, 0.15) is 12.4 Å². The Labute approximate surface area is 145 Å². The van der Waals surface area contributed by atoms with Gasteiger partial charge in [0, 0.05) is 11.5 Å². The largest absolute Gasteiger partial charge is 0.489 e. The van der Waals surface area contributed by atoms with Crippen molar-refractivity contribution in [2.75, 3.05) is 11.5 Å². The van der Waals surface area contributed by atoms with Gasteiger partial charge in [0.15, 0.2) is 0 Å². The lowest BCUT2D eigenvalue weighted by atomic mass is 10.1. The molecule has 4 rings (SSSR count). The van der Waals surface area contributed by atoms with Crippen LogP contribution in [0.2, 0.25) is 0 Å². The monoisotopic (exact) mass is 338 g/mol. The molecule has 23 heavy (non-hydrogen) atoms. The Hall–Kier alpha value is -1.58. The van der Waals surface area contributed by atoms with Crippen LogP contribution in [0, 0.1) is 0 Å². The van der Waals surface area contributed by atoms with E-state index in [0.717, 1.165) is 5.75 Å². The molecule has 0 atom stereocenters. The van der Waals surface area contributed by atoms with Crippen molar-refractivity contribution in [3.8, 4) is 5.75 Å². The zero-order valence-electron chi connectivity index (χ0n) is 12.8. The summed E-state index contributed by atoms with van der Waals surface area (Å²) in [5, 5.41) is 2.54. The van der Waals surface area contributed by atoms with Gasteiger partial charge in [-0.2, -0.15) is 0 Å². The van der Waals surface area contributed by atoms with Crippen LogP contribution in [0.4, 0.5) is 0 Å². The van der Waals surface area contributed by atoms with Gasteiger partial charge in [-0.3, -0.25) is 0 Å². The van der Waals surface area contributed by atoms with Crippen LogP contribution in [-0.2, 0) is 6.61 Å². The maximum absolute atomic E-state index is 6.08. The minimum Gasteiger partial charge on any atom is -0.489 e. The fourth-order valence-corrected chi connectivity index (χ4v) is 5.72. The van der Waals surface area contributed by atoms with E-state index >= 15 is 0 Å². The second-order valence-electron chi connectivity index (χ2n) is 5.57. The van der Waals surface area contributed by atoms with E-state index in [1.165, 1.54) is 33.4 Å². The molecule has 1 saturated heterocycles. The molecule has 0 amide bonds. The van der Waals surface area contributed by atoms with E-state index < -0.39 is 0 Å². The van der Waals surface area contributed by atoms with Gasteiger partial charge < -0.3 is 4.74 Å². The molecule has 0 bridgehead atoms. The van der Waals surface area contributed by atoms with Crippen LogP contribution in [0.5, 0.6) is 5.75 Å². The maximum atomic E-state index is 6.08. The van der Waals surface area contributed by atoms with Crippen LogP contribution < -0.4 is 4.74 Å². The van der Waals surface area contributed by atoms with Crippen molar-refractivity contribution >= 4 is 34.3 Å². The summed E-state index contributed by atoms with van der Waals surface area (Å²) in [7, 11) is 0. The number of rotatable bonds is 4. The lowest BCUT2D eigenvalue weighted by Crippen LogP contribution is -1.97. The van der Waals surface area contributed by atoms with Crippen LogP contribution >= 0.6 is 23.5 Å². The number of benzene rings is 3. The molecule has 0 aromatic heterocycles. The van der Waals surface area contributed by atoms with E-state index in [0.29, 0.717) is 11.2 Å². The fraction of sp³-hybridized carbons (Fsp3) is 0.200. The third kappa shape index (κ3) is 3.36. The fourth-order valence-electron chi connectivity index (χ4n) is 2.88. The third-order valence-electron chi connectivity index (χ3n) is 4.03. The summed E-state index contributed by atoms with van der Waals surface area (Å²) in [5.41, 5.74) is 2.60.